The highest BCUT2D eigenvalue weighted by atomic mass is 19.4. The summed E-state index contributed by atoms with van der Waals surface area (Å²) in [6.07, 6.45) is -6.54. The van der Waals surface area contributed by atoms with Gasteiger partial charge >= 0.3 is 6.18 Å². The van der Waals surface area contributed by atoms with Crippen molar-refractivity contribution in [3.05, 3.63) is 74.8 Å². The molecule has 0 aliphatic rings. The predicted octanol–water partition coefficient (Wildman–Crippen LogP) is 4.06. The van der Waals surface area contributed by atoms with Crippen molar-refractivity contribution in [2.75, 3.05) is 0 Å². The van der Waals surface area contributed by atoms with Gasteiger partial charge in [-0.15, -0.1) is 0 Å². The number of nitriles is 1. The van der Waals surface area contributed by atoms with Crippen LogP contribution in [0.4, 0.5) is 18.9 Å². The Hall–Kier alpha value is -2.96. The topological polar surface area (TPSA) is 96.4 Å². The molecule has 0 aromatic heterocycles. The van der Waals surface area contributed by atoms with E-state index in [1.54, 1.807) is 36.4 Å². The number of nitrogens with zero attached hydrogens (tertiary/aromatic N) is 2. The Morgan fingerprint density at radius 2 is 1.93 bits per heavy atom. The van der Waals surface area contributed by atoms with Gasteiger partial charge in [0.05, 0.1) is 28.7 Å². The van der Waals surface area contributed by atoms with Crippen molar-refractivity contribution in [2.45, 2.75) is 31.9 Å². The summed E-state index contributed by atoms with van der Waals surface area (Å²) in [6, 6.07) is 11.4. The van der Waals surface area contributed by atoms with Gasteiger partial charge in [-0.25, -0.2) is 0 Å². The van der Waals surface area contributed by atoms with E-state index in [0.717, 1.165) is 0 Å². The molecule has 27 heavy (non-hydrogen) atoms. The molecule has 2 aromatic carbocycles. The molecule has 1 N–H and O–H groups in total. The van der Waals surface area contributed by atoms with Crippen molar-refractivity contribution < 1.29 is 27.9 Å². The minimum absolute atomic E-state index is 0.0757. The maximum Gasteiger partial charge on any atom is 0.416 e. The Kier molecular flexibility index (Phi) is 6.15. The summed E-state index contributed by atoms with van der Waals surface area (Å²) >= 11 is 0. The lowest BCUT2D eigenvalue weighted by atomic mass is 9.91. The fraction of sp³-hybridized carbons (Fsp3) is 0.278. The van der Waals surface area contributed by atoms with Crippen molar-refractivity contribution in [3.63, 3.8) is 0 Å². The Bertz CT molecular complexity index is 863. The van der Waals surface area contributed by atoms with Crippen LogP contribution in [0.25, 0.3) is 0 Å². The molecule has 0 aliphatic carbocycles. The Morgan fingerprint density at radius 1 is 1.30 bits per heavy atom. The summed E-state index contributed by atoms with van der Waals surface area (Å²) in [4.78, 5) is 10.3. The molecule has 0 amide bonds. The van der Waals surface area contributed by atoms with Gasteiger partial charge in [0, 0.05) is 6.07 Å². The summed E-state index contributed by atoms with van der Waals surface area (Å²) in [5, 5.41) is 30.8. The lowest BCUT2D eigenvalue weighted by Crippen LogP contribution is -2.23. The van der Waals surface area contributed by atoms with Gasteiger partial charge in [-0.05, 0) is 24.1 Å². The molecule has 142 valence electrons. The standard InChI is InChI=1S/C18H15F3N2O4/c1-11-7-13(18(19,20)21)8-15(23(25)26)16(11)14(9-22)17(24)27-10-12-5-3-2-4-6-12/h2-8,14,17,24H,10H2,1H3. The molecule has 0 fully saturated rings. The molecule has 0 spiro atoms. The second-order valence-electron chi connectivity index (χ2n) is 5.77. The van der Waals surface area contributed by atoms with Gasteiger partial charge in [0.25, 0.3) is 5.69 Å². The third-order valence-corrected chi connectivity index (χ3v) is 3.89. The first-order valence-corrected chi connectivity index (χ1v) is 7.74. The number of alkyl halides is 3. The summed E-state index contributed by atoms with van der Waals surface area (Å²) in [5.74, 6) is -1.53. The molecule has 2 aromatic rings. The average molecular weight is 380 g/mol. The van der Waals surface area contributed by atoms with E-state index in [0.29, 0.717) is 17.7 Å². The van der Waals surface area contributed by atoms with Gasteiger partial charge in [-0.3, -0.25) is 10.1 Å². The Labute approximate surface area is 152 Å². The monoisotopic (exact) mass is 380 g/mol. The molecule has 0 radical (unpaired) electrons. The van der Waals surface area contributed by atoms with Crippen molar-refractivity contribution in [2.24, 2.45) is 0 Å². The van der Waals surface area contributed by atoms with Crippen LogP contribution in [0.15, 0.2) is 42.5 Å². The van der Waals surface area contributed by atoms with E-state index in [2.05, 4.69) is 0 Å². The van der Waals surface area contributed by atoms with E-state index in [9.17, 15) is 33.7 Å². The number of aliphatic hydroxyl groups is 1. The molecule has 0 aliphatic heterocycles. The van der Waals surface area contributed by atoms with Gasteiger partial charge in [0.2, 0.25) is 0 Å². The second kappa shape index (κ2) is 8.16. The van der Waals surface area contributed by atoms with E-state index < -0.39 is 34.6 Å². The van der Waals surface area contributed by atoms with E-state index >= 15 is 0 Å². The molecule has 6 nitrogen and oxygen atoms in total. The number of ether oxygens (including phenoxy) is 1. The zero-order valence-corrected chi connectivity index (χ0v) is 14.1. The molecule has 2 unspecified atom stereocenters. The number of nitro benzene ring substituents is 1. The van der Waals surface area contributed by atoms with Gasteiger partial charge in [-0.1, -0.05) is 30.3 Å². The van der Waals surface area contributed by atoms with Crippen LogP contribution in [0.3, 0.4) is 0 Å². The number of aliphatic hydroxyl groups excluding tert-OH is 1. The minimum atomic E-state index is -4.78. The highest BCUT2D eigenvalue weighted by Crippen LogP contribution is 2.38. The first-order valence-electron chi connectivity index (χ1n) is 7.74. The van der Waals surface area contributed by atoms with Crippen molar-refractivity contribution >= 4 is 5.69 Å². The molecule has 0 saturated carbocycles. The van der Waals surface area contributed by atoms with Crippen molar-refractivity contribution in [1.82, 2.24) is 0 Å². The highest BCUT2D eigenvalue weighted by Gasteiger charge is 2.37. The third kappa shape index (κ3) is 4.81. The van der Waals surface area contributed by atoms with Gasteiger partial charge < -0.3 is 9.84 Å². The zero-order chi connectivity index (χ0) is 20.2. The average Bonchev–Trinajstić information content (AvgIpc) is 2.61. The molecule has 0 bridgehead atoms. The summed E-state index contributed by atoms with van der Waals surface area (Å²) in [7, 11) is 0. The summed E-state index contributed by atoms with van der Waals surface area (Å²) in [5.41, 5.74) is -1.85. The van der Waals surface area contributed by atoms with E-state index in [4.69, 9.17) is 4.74 Å². The quantitative estimate of drug-likeness (QED) is 0.463. The van der Waals surface area contributed by atoms with Crippen LogP contribution >= 0.6 is 0 Å². The molecule has 0 saturated heterocycles. The predicted molar refractivity (Wildman–Crippen MR) is 88.4 cm³/mol. The minimum Gasteiger partial charge on any atom is -0.367 e. The fourth-order valence-electron chi connectivity index (χ4n) is 2.62. The van der Waals surface area contributed by atoms with E-state index in [1.807, 2.05) is 0 Å². The normalized spacial score (nSPS) is 13.6. The van der Waals surface area contributed by atoms with Gasteiger partial charge in [0.1, 0.15) is 5.92 Å². The van der Waals surface area contributed by atoms with Crippen LogP contribution in [-0.4, -0.2) is 16.3 Å². The summed E-state index contributed by atoms with van der Waals surface area (Å²) in [6.45, 7) is 1.14. The summed E-state index contributed by atoms with van der Waals surface area (Å²) < 4.78 is 44.0. The molecule has 9 heteroatoms. The van der Waals surface area contributed by atoms with Crippen LogP contribution in [0, 0.1) is 28.4 Å². The van der Waals surface area contributed by atoms with Gasteiger partial charge in [0.15, 0.2) is 6.29 Å². The number of aryl methyl sites for hydroxylation is 1. The number of halogens is 3. The number of hydrogen-bond donors (Lipinski definition) is 1. The largest absolute Gasteiger partial charge is 0.416 e. The maximum atomic E-state index is 12.9. The smallest absolute Gasteiger partial charge is 0.367 e. The number of nitro groups is 1. The maximum absolute atomic E-state index is 12.9. The molecular formula is C18H15F3N2O4. The molecule has 2 rings (SSSR count). The van der Waals surface area contributed by atoms with E-state index in [1.165, 1.54) is 6.92 Å². The van der Waals surface area contributed by atoms with Gasteiger partial charge in [-0.2, -0.15) is 18.4 Å². The Morgan fingerprint density at radius 3 is 2.44 bits per heavy atom. The Balaban J connectivity index is 2.38. The van der Waals surface area contributed by atoms with Crippen LogP contribution in [0.1, 0.15) is 28.2 Å². The van der Waals surface area contributed by atoms with Crippen LogP contribution < -0.4 is 0 Å². The van der Waals surface area contributed by atoms with Crippen LogP contribution in [-0.2, 0) is 17.5 Å². The van der Waals surface area contributed by atoms with Crippen molar-refractivity contribution in [1.29, 1.82) is 5.26 Å². The fourth-order valence-corrected chi connectivity index (χ4v) is 2.62. The first kappa shape index (κ1) is 20.4. The number of rotatable bonds is 6. The van der Waals surface area contributed by atoms with Crippen LogP contribution in [0.2, 0.25) is 0 Å². The molecule has 0 heterocycles. The zero-order valence-electron chi connectivity index (χ0n) is 14.1. The molecular weight excluding hydrogens is 365 g/mol. The van der Waals surface area contributed by atoms with E-state index in [-0.39, 0.29) is 17.7 Å². The number of hydrogen-bond acceptors (Lipinski definition) is 5. The molecule has 2 atom stereocenters. The lowest BCUT2D eigenvalue weighted by Gasteiger charge is -2.20. The first-order chi connectivity index (χ1) is 12.6. The lowest BCUT2D eigenvalue weighted by molar-refractivity contribution is -0.386. The number of benzene rings is 2. The highest BCUT2D eigenvalue weighted by molar-refractivity contribution is 5.53. The SMILES string of the molecule is Cc1cc(C(F)(F)F)cc([N+](=O)[O-])c1C(C#N)C(O)OCc1ccccc1. The van der Waals surface area contributed by atoms with Crippen molar-refractivity contribution in [3.8, 4) is 6.07 Å². The second-order valence-corrected chi connectivity index (χ2v) is 5.77. The third-order valence-electron chi connectivity index (χ3n) is 3.89. The van der Waals surface area contributed by atoms with Crippen LogP contribution in [0.5, 0.6) is 0 Å².